The van der Waals surface area contributed by atoms with Crippen molar-refractivity contribution in [1.29, 1.82) is 0 Å². The lowest BCUT2D eigenvalue weighted by atomic mass is 9.45. The van der Waals surface area contributed by atoms with Crippen LogP contribution < -0.4 is 0 Å². The third kappa shape index (κ3) is 6.93. The molecular formula is C19H37B2NO. The van der Waals surface area contributed by atoms with Gasteiger partial charge in [-0.2, -0.15) is 0 Å². The van der Waals surface area contributed by atoms with Crippen molar-refractivity contribution in [1.82, 2.24) is 4.90 Å². The largest absolute Gasteiger partial charge is 0.342 e. The second kappa shape index (κ2) is 8.12. The van der Waals surface area contributed by atoms with Gasteiger partial charge in [0.05, 0.1) is 0 Å². The lowest BCUT2D eigenvalue weighted by Crippen LogP contribution is -2.46. The van der Waals surface area contributed by atoms with Crippen LogP contribution >= 0.6 is 0 Å². The summed E-state index contributed by atoms with van der Waals surface area (Å²) in [5, 5.41) is 0.0943. The molecule has 0 saturated carbocycles. The van der Waals surface area contributed by atoms with Crippen molar-refractivity contribution < 1.29 is 4.79 Å². The van der Waals surface area contributed by atoms with Crippen LogP contribution in [0.1, 0.15) is 74.7 Å². The molecule has 0 atom stereocenters. The Labute approximate surface area is 146 Å². The molecule has 0 spiro atoms. The first-order chi connectivity index (χ1) is 10.4. The van der Waals surface area contributed by atoms with Crippen molar-refractivity contribution in [2.24, 2.45) is 5.41 Å². The maximum atomic E-state index is 13.0. The molecule has 0 aliphatic carbocycles. The zero-order valence-electron chi connectivity index (χ0n) is 16.8. The van der Waals surface area contributed by atoms with Crippen LogP contribution in [0.4, 0.5) is 0 Å². The summed E-state index contributed by atoms with van der Waals surface area (Å²) in [4.78, 5) is 15.1. The van der Waals surface area contributed by atoms with Crippen molar-refractivity contribution in [3.63, 3.8) is 0 Å². The fourth-order valence-electron chi connectivity index (χ4n) is 4.44. The molecule has 2 nitrogen and oxygen atoms in total. The van der Waals surface area contributed by atoms with Gasteiger partial charge in [-0.15, -0.1) is 0 Å². The molecule has 0 aromatic carbocycles. The average molecular weight is 317 g/mol. The molecule has 1 aliphatic heterocycles. The van der Waals surface area contributed by atoms with Crippen LogP contribution in [0, 0.1) is 5.41 Å². The number of piperidine rings is 1. The molecule has 1 heterocycles. The van der Waals surface area contributed by atoms with Crippen LogP contribution in [0.25, 0.3) is 0 Å². The standard InChI is InChI=1S/C19H37B2NO/c1-14(2)20-16-9-11-22(12-10-16)17(23)18(5,6)13-19(7,8)21-15(3)4/h14-16H,9-13H2,1-8H3. The Bertz CT molecular complexity index is 383. The molecule has 1 amide bonds. The summed E-state index contributed by atoms with van der Waals surface area (Å²) in [6, 6.07) is 0. The molecule has 1 aliphatic rings. The van der Waals surface area contributed by atoms with Crippen LogP contribution in [0.3, 0.4) is 0 Å². The van der Waals surface area contributed by atoms with E-state index in [9.17, 15) is 4.79 Å². The first kappa shape index (κ1) is 20.6. The molecule has 0 aromatic heterocycles. The molecule has 0 unspecified atom stereocenters. The van der Waals surface area contributed by atoms with Crippen molar-refractivity contribution in [2.45, 2.75) is 97.4 Å². The number of carbonyl (C=O) groups excluding carboxylic acids is 1. The third-order valence-corrected chi connectivity index (χ3v) is 4.74. The highest BCUT2D eigenvalue weighted by atomic mass is 16.2. The topological polar surface area (TPSA) is 20.3 Å². The van der Waals surface area contributed by atoms with Gasteiger partial charge in [-0.1, -0.05) is 78.2 Å². The summed E-state index contributed by atoms with van der Waals surface area (Å²) in [6.45, 7) is 19.5. The Hall–Kier alpha value is -0.400. The van der Waals surface area contributed by atoms with Crippen LogP contribution in [0.15, 0.2) is 0 Å². The minimum Gasteiger partial charge on any atom is -0.342 e. The molecule has 0 bridgehead atoms. The SMILES string of the molecule is CC(C)[B]C1CCN(C(=O)C(C)(C)CC(C)(C)[B]C(C)C)CC1. The fraction of sp³-hybridized carbons (Fsp3) is 0.947. The first-order valence-corrected chi connectivity index (χ1v) is 9.43. The normalized spacial score (nSPS) is 17.7. The number of hydrogen-bond donors (Lipinski definition) is 0. The molecular weight excluding hydrogens is 280 g/mol. The third-order valence-electron chi connectivity index (χ3n) is 4.74. The van der Waals surface area contributed by atoms with E-state index >= 15 is 0 Å². The number of carbonyl (C=O) groups is 1. The van der Waals surface area contributed by atoms with Gasteiger partial charge < -0.3 is 4.90 Å². The Morgan fingerprint density at radius 2 is 1.57 bits per heavy atom. The molecule has 1 fully saturated rings. The minimum atomic E-state index is -0.288. The Balaban J connectivity index is 2.59. The smallest absolute Gasteiger partial charge is 0.228 e. The minimum absolute atomic E-state index is 0.0943. The number of likely N-dealkylation sites (tertiary alicyclic amines) is 1. The second-order valence-corrected chi connectivity index (χ2v) is 9.53. The van der Waals surface area contributed by atoms with E-state index in [2.05, 4.69) is 74.8 Å². The van der Waals surface area contributed by atoms with Gasteiger partial charge in [0.15, 0.2) is 0 Å². The molecule has 4 heteroatoms. The van der Waals surface area contributed by atoms with Gasteiger partial charge >= 0.3 is 0 Å². The van der Waals surface area contributed by atoms with Gasteiger partial charge in [0.25, 0.3) is 0 Å². The van der Waals surface area contributed by atoms with Gasteiger partial charge in [0.1, 0.15) is 14.6 Å². The maximum absolute atomic E-state index is 13.0. The van der Waals surface area contributed by atoms with E-state index in [1.807, 2.05) is 0 Å². The van der Waals surface area contributed by atoms with Crippen molar-refractivity contribution in [3.8, 4) is 0 Å². The summed E-state index contributed by atoms with van der Waals surface area (Å²) in [5.74, 6) is 2.22. The Morgan fingerprint density at radius 1 is 1.04 bits per heavy atom. The van der Waals surface area contributed by atoms with Crippen LogP contribution in [0.2, 0.25) is 22.8 Å². The van der Waals surface area contributed by atoms with Crippen LogP contribution in [0.5, 0.6) is 0 Å². The predicted molar refractivity (Wildman–Crippen MR) is 104 cm³/mol. The molecule has 0 N–H and O–H groups in total. The van der Waals surface area contributed by atoms with E-state index in [1.165, 1.54) is 0 Å². The summed E-state index contributed by atoms with van der Waals surface area (Å²) in [6.07, 6.45) is 3.16. The van der Waals surface area contributed by atoms with Crippen molar-refractivity contribution >= 4 is 20.5 Å². The van der Waals surface area contributed by atoms with Gasteiger partial charge in [0.2, 0.25) is 5.91 Å². The zero-order chi connectivity index (χ0) is 17.8. The van der Waals surface area contributed by atoms with E-state index in [0.29, 0.717) is 23.4 Å². The highest BCUT2D eigenvalue weighted by Gasteiger charge is 2.38. The molecule has 23 heavy (non-hydrogen) atoms. The highest BCUT2D eigenvalue weighted by Crippen LogP contribution is 2.42. The van der Waals surface area contributed by atoms with E-state index in [0.717, 1.165) is 32.4 Å². The number of hydrogen-bond acceptors (Lipinski definition) is 1. The van der Waals surface area contributed by atoms with Gasteiger partial charge in [-0.25, -0.2) is 0 Å². The molecule has 1 saturated heterocycles. The molecule has 2 radical (unpaired) electrons. The quantitative estimate of drug-likeness (QED) is 0.600. The zero-order valence-corrected chi connectivity index (χ0v) is 16.8. The predicted octanol–water partition coefficient (Wildman–Crippen LogP) is 5.08. The summed E-state index contributed by atoms with van der Waals surface area (Å²) >= 11 is 0. The number of amides is 1. The number of nitrogens with zero attached hydrogens (tertiary/aromatic N) is 1. The monoisotopic (exact) mass is 317 g/mol. The average Bonchev–Trinajstić information content (AvgIpc) is 2.35. The van der Waals surface area contributed by atoms with E-state index in [1.54, 1.807) is 0 Å². The van der Waals surface area contributed by atoms with Crippen molar-refractivity contribution in [3.05, 3.63) is 0 Å². The summed E-state index contributed by atoms with van der Waals surface area (Å²) < 4.78 is 0. The first-order valence-electron chi connectivity index (χ1n) is 9.43. The van der Waals surface area contributed by atoms with Crippen molar-refractivity contribution in [2.75, 3.05) is 13.1 Å². The summed E-state index contributed by atoms with van der Waals surface area (Å²) in [7, 11) is 4.83. The van der Waals surface area contributed by atoms with Gasteiger partial charge in [0, 0.05) is 18.5 Å². The Morgan fingerprint density at radius 3 is 2.00 bits per heavy atom. The summed E-state index contributed by atoms with van der Waals surface area (Å²) in [5.41, 5.74) is -0.288. The van der Waals surface area contributed by atoms with Crippen LogP contribution in [-0.4, -0.2) is 38.5 Å². The molecule has 130 valence electrons. The highest BCUT2D eigenvalue weighted by molar-refractivity contribution is 6.41. The van der Waals surface area contributed by atoms with E-state index in [4.69, 9.17) is 0 Å². The van der Waals surface area contributed by atoms with E-state index in [-0.39, 0.29) is 10.7 Å². The fourth-order valence-corrected chi connectivity index (χ4v) is 4.44. The van der Waals surface area contributed by atoms with Crippen LogP contribution in [-0.2, 0) is 4.79 Å². The molecule has 0 aromatic rings. The van der Waals surface area contributed by atoms with Gasteiger partial charge in [-0.05, 0) is 19.3 Å². The van der Waals surface area contributed by atoms with E-state index < -0.39 is 0 Å². The number of rotatable bonds is 7. The second-order valence-electron chi connectivity index (χ2n) is 9.53. The molecule has 1 rings (SSSR count). The lowest BCUT2D eigenvalue weighted by molar-refractivity contribution is -0.142. The Kier molecular flexibility index (Phi) is 7.29. The van der Waals surface area contributed by atoms with Gasteiger partial charge in [-0.3, -0.25) is 4.79 Å². The lowest BCUT2D eigenvalue weighted by Gasteiger charge is -2.40. The maximum Gasteiger partial charge on any atom is 0.228 e.